The Balaban J connectivity index is 2.77. The number of carbonyl (C=O) groups excluding carboxylic acids is 1. The van der Waals surface area contributed by atoms with Crippen LogP contribution >= 0.6 is 15.9 Å². The fraction of sp³-hybridized carbons (Fsp3) is 0.533. The number of methoxy groups -OCH3 is 1. The van der Waals surface area contributed by atoms with E-state index < -0.39 is 0 Å². The molecular weight excluding hydrogens is 306 g/mol. The molecule has 0 aliphatic heterocycles. The van der Waals surface area contributed by atoms with Gasteiger partial charge < -0.3 is 10.1 Å². The highest BCUT2D eigenvalue weighted by atomic mass is 79.9. The highest BCUT2D eigenvalue weighted by molar-refractivity contribution is 9.09. The number of aryl methyl sites for hydroxylation is 1. The summed E-state index contributed by atoms with van der Waals surface area (Å²) in [6.07, 6.45) is 0.958. The lowest BCUT2D eigenvalue weighted by Gasteiger charge is -2.18. The molecule has 1 aromatic rings. The Bertz CT molecular complexity index is 432. The lowest BCUT2D eigenvalue weighted by atomic mass is 10.0. The van der Waals surface area contributed by atoms with Gasteiger partial charge in [0.2, 0.25) is 0 Å². The molecule has 0 radical (unpaired) electrons. The van der Waals surface area contributed by atoms with E-state index in [1.807, 2.05) is 19.1 Å². The third-order valence-electron chi connectivity index (χ3n) is 2.95. The third kappa shape index (κ3) is 4.86. The Kier molecular flexibility index (Phi) is 6.35. The van der Waals surface area contributed by atoms with Crippen molar-refractivity contribution in [2.75, 3.05) is 12.4 Å². The van der Waals surface area contributed by atoms with E-state index in [4.69, 9.17) is 4.74 Å². The molecule has 1 unspecified atom stereocenters. The average Bonchev–Trinajstić information content (AvgIpc) is 2.37. The predicted octanol–water partition coefficient (Wildman–Crippen LogP) is 3.54. The van der Waals surface area contributed by atoms with Gasteiger partial charge in [-0.2, -0.15) is 0 Å². The normalized spacial score (nSPS) is 12.3. The van der Waals surface area contributed by atoms with Crippen LogP contribution in [-0.4, -0.2) is 24.4 Å². The topological polar surface area (TPSA) is 38.3 Å². The largest absolute Gasteiger partial charge is 0.496 e. The van der Waals surface area contributed by atoms with Gasteiger partial charge in [-0.25, -0.2) is 0 Å². The smallest absolute Gasteiger partial charge is 0.251 e. The van der Waals surface area contributed by atoms with E-state index in [2.05, 4.69) is 35.1 Å². The Morgan fingerprint density at radius 1 is 1.42 bits per heavy atom. The van der Waals surface area contributed by atoms with Crippen LogP contribution in [0.5, 0.6) is 5.75 Å². The van der Waals surface area contributed by atoms with E-state index in [0.29, 0.717) is 11.5 Å². The molecular formula is C15H22BrNO2. The highest BCUT2D eigenvalue weighted by Crippen LogP contribution is 2.19. The number of nitrogens with one attached hydrogen (secondary N) is 1. The van der Waals surface area contributed by atoms with Gasteiger partial charge >= 0.3 is 0 Å². The number of amides is 1. The maximum atomic E-state index is 12.2. The molecule has 3 nitrogen and oxygen atoms in total. The van der Waals surface area contributed by atoms with E-state index in [1.54, 1.807) is 13.2 Å². The number of hydrogen-bond acceptors (Lipinski definition) is 2. The summed E-state index contributed by atoms with van der Waals surface area (Å²) in [5, 5.41) is 3.81. The van der Waals surface area contributed by atoms with E-state index in [9.17, 15) is 4.79 Å². The van der Waals surface area contributed by atoms with Crippen molar-refractivity contribution >= 4 is 21.8 Å². The van der Waals surface area contributed by atoms with Gasteiger partial charge in [-0.15, -0.1) is 0 Å². The van der Waals surface area contributed by atoms with Gasteiger partial charge in [0.05, 0.1) is 7.11 Å². The van der Waals surface area contributed by atoms with Crippen LogP contribution in [0.1, 0.15) is 36.2 Å². The fourth-order valence-electron chi connectivity index (χ4n) is 1.96. The minimum absolute atomic E-state index is 0.0524. The summed E-state index contributed by atoms with van der Waals surface area (Å²) in [7, 11) is 1.62. The molecule has 0 aliphatic rings. The average molecular weight is 328 g/mol. The predicted molar refractivity (Wildman–Crippen MR) is 82.2 cm³/mol. The van der Waals surface area contributed by atoms with E-state index in [0.717, 1.165) is 23.1 Å². The van der Waals surface area contributed by atoms with E-state index >= 15 is 0 Å². The van der Waals surface area contributed by atoms with Gasteiger partial charge in [-0.1, -0.05) is 35.8 Å². The van der Waals surface area contributed by atoms with Gasteiger partial charge in [0.25, 0.3) is 5.91 Å². The molecule has 0 aliphatic carbocycles. The zero-order chi connectivity index (χ0) is 14.4. The van der Waals surface area contributed by atoms with Crippen molar-refractivity contribution in [2.24, 2.45) is 5.92 Å². The molecule has 0 spiro atoms. The second-order valence-electron chi connectivity index (χ2n) is 5.14. The number of halogens is 1. The lowest BCUT2D eigenvalue weighted by molar-refractivity contribution is 0.0937. The monoisotopic (exact) mass is 327 g/mol. The quantitative estimate of drug-likeness (QED) is 0.811. The number of alkyl halides is 1. The maximum absolute atomic E-state index is 12.2. The van der Waals surface area contributed by atoms with E-state index in [1.165, 1.54) is 0 Å². The molecule has 1 aromatic carbocycles. The van der Waals surface area contributed by atoms with Gasteiger partial charge in [0.15, 0.2) is 0 Å². The van der Waals surface area contributed by atoms with Crippen LogP contribution < -0.4 is 10.1 Å². The molecule has 0 aromatic heterocycles. The molecule has 0 saturated heterocycles. The molecule has 4 heteroatoms. The Hall–Kier alpha value is -1.03. The summed E-state index contributed by atoms with van der Waals surface area (Å²) < 4.78 is 5.24. The Morgan fingerprint density at radius 3 is 2.63 bits per heavy atom. The second-order valence-corrected chi connectivity index (χ2v) is 5.79. The number of rotatable bonds is 6. The summed E-state index contributed by atoms with van der Waals surface area (Å²) in [4.78, 5) is 12.2. The maximum Gasteiger partial charge on any atom is 0.251 e. The van der Waals surface area contributed by atoms with Crippen molar-refractivity contribution < 1.29 is 9.53 Å². The highest BCUT2D eigenvalue weighted by Gasteiger charge is 2.15. The van der Waals surface area contributed by atoms with Crippen molar-refractivity contribution in [3.05, 3.63) is 29.3 Å². The molecule has 0 heterocycles. The summed E-state index contributed by atoms with van der Waals surface area (Å²) >= 11 is 3.45. The molecule has 0 bridgehead atoms. The first-order chi connectivity index (χ1) is 8.97. The van der Waals surface area contributed by atoms with Crippen LogP contribution in [0, 0.1) is 12.8 Å². The fourth-order valence-corrected chi connectivity index (χ4v) is 2.39. The van der Waals surface area contributed by atoms with Gasteiger partial charge in [0, 0.05) is 16.9 Å². The first-order valence-corrected chi connectivity index (χ1v) is 7.61. The SMILES string of the molecule is COc1cc(C(=O)NC(CBr)CC(C)C)ccc1C. The number of benzene rings is 1. The van der Waals surface area contributed by atoms with Crippen molar-refractivity contribution in [3.8, 4) is 5.75 Å². The van der Waals surface area contributed by atoms with Crippen LogP contribution in [0.25, 0.3) is 0 Å². The summed E-state index contributed by atoms with van der Waals surface area (Å²) in [6, 6.07) is 5.67. The van der Waals surface area contributed by atoms with Crippen LogP contribution in [0.3, 0.4) is 0 Å². The molecule has 1 N–H and O–H groups in total. The van der Waals surface area contributed by atoms with Crippen LogP contribution in [0.2, 0.25) is 0 Å². The molecule has 106 valence electrons. The summed E-state index contributed by atoms with van der Waals surface area (Å²) in [5.74, 6) is 1.24. The molecule has 1 atom stereocenters. The van der Waals surface area contributed by atoms with Crippen molar-refractivity contribution in [1.82, 2.24) is 5.32 Å². The summed E-state index contributed by atoms with van der Waals surface area (Å²) in [6.45, 7) is 6.26. The zero-order valence-electron chi connectivity index (χ0n) is 12.0. The number of ether oxygens (including phenoxy) is 1. The molecule has 1 amide bonds. The van der Waals surface area contributed by atoms with Gasteiger partial charge in [-0.05, 0) is 37.0 Å². The Labute approximate surface area is 123 Å². The molecule has 0 saturated carbocycles. The third-order valence-corrected chi connectivity index (χ3v) is 3.73. The minimum atomic E-state index is -0.0524. The first-order valence-electron chi connectivity index (χ1n) is 6.49. The van der Waals surface area contributed by atoms with Crippen molar-refractivity contribution in [2.45, 2.75) is 33.2 Å². The van der Waals surface area contributed by atoms with Gasteiger partial charge in [-0.3, -0.25) is 4.79 Å². The number of carbonyl (C=O) groups is 1. The lowest BCUT2D eigenvalue weighted by Crippen LogP contribution is -2.37. The van der Waals surface area contributed by atoms with E-state index in [-0.39, 0.29) is 11.9 Å². The second kappa shape index (κ2) is 7.53. The molecule has 19 heavy (non-hydrogen) atoms. The molecule has 0 fully saturated rings. The standard InChI is InChI=1S/C15H22BrNO2/c1-10(2)7-13(9-16)17-15(18)12-6-5-11(3)14(8-12)19-4/h5-6,8,10,13H,7,9H2,1-4H3,(H,17,18). The first kappa shape index (κ1) is 16.0. The zero-order valence-corrected chi connectivity index (χ0v) is 13.6. The van der Waals surface area contributed by atoms with Crippen molar-refractivity contribution in [1.29, 1.82) is 0 Å². The summed E-state index contributed by atoms with van der Waals surface area (Å²) in [5.41, 5.74) is 1.66. The van der Waals surface area contributed by atoms with Crippen LogP contribution in [0.4, 0.5) is 0 Å². The minimum Gasteiger partial charge on any atom is -0.496 e. The number of hydrogen-bond donors (Lipinski definition) is 1. The van der Waals surface area contributed by atoms with Gasteiger partial charge in [0.1, 0.15) is 5.75 Å². The van der Waals surface area contributed by atoms with Crippen LogP contribution in [0.15, 0.2) is 18.2 Å². The van der Waals surface area contributed by atoms with Crippen molar-refractivity contribution in [3.63, 3.8) is 0 Å². The van der Waals surface area contributed by atoms with Crippen LogP contribution in [-0.2, 0) is 0 Å². The molecule has 1 rings (SSSR count). The Morgan fingerprint density at radius 2 is 2.11 bits per heavy atom.